The number of nitriles is 1. The van der Waals surface area contributed by atoms with Gasteiger partial charge in [-0.15, -0.1) is 0 Å². The monoisotopic (exact) mass is 259 g/mol. The van der Waals surface area contributed by atoms with Crippen molar-refractivity contribution in [2.45, 2.75) is 6.92 Å². The molecule has 0 saturated carbocycles. The van der Waals surface area contributed by atoms with Gasteiger partial charge in [0.15, 0.2) is 5.69 Å². The van der Waals surface area contributed by atoms with Crippen LogP contribution in [-0.4, -0.2) is 22.4 Å². The van der Waals surface area contributed by atoms with Crippen LogP contribution in [0.25, 0.3) is 5.69 Å². The van der Waals surface area contributed by atoms with E-state index in [4.69, 9.17) is 10.00 Å². The lowest BCUT2D eigenvalue weighted by Crippen LogP contribution is -2.07. The van der Waals surface area contributed by atoms with Crippen LogP contribution in [0.2, 0.25) is 0 Å². The molecule has 0 aliphatic rings. The predicted octanol–water partition coefficient (Wildman–Crippen LogP) is 2.06. The van der Waals surface area contributed by atoms with Crippen LogP contribution in [0.1, 0.15) is 23.0 Å². The molecule has 0 N–H and O–H groups in total. The topological polar surface area (TPSA) is 67.9 Å². The maximum Gasteiger partial charge on any atom is 0.342 e. The van der Waals surface area contributed by atoms with E-state index in [2.05, 4.69) is 5.10 Å². The second kappa shape index (κ2) is 5.31. The number of esters is 1. The summed E-state index contributed by atoms with van der Waals surface area (Å²) in [6, 6.07) is 7.47. The summed E-state index contributed by atoms with van der Waals surface area (Å²) in [5.41, 5.74) is 0.449. The van der Waals surface area contributed by atoms with E-state index in [1.165, 1.54) is 29.1 Å². The highest BCUT2D eigenvalue weighted by molar-refractivity contribution is 5.91. The third-order valence-corrected chi connectivity index (χ3v) is 2.42. The smallest absolute Gasteiger partial charge is 0.342 e. The van der Waals surface area contributed by atoms with Gasteiger partial charge >= 0.3 is 5.97 Å². The Labute approximate surface area is 108 Å². The molecule has 0 aliphatic carbocycles. The highest BCUT2D eigenvalue weighted by Crippen LogP contribution is 2.16. The average Bonchev–Trinajstić information content (AvgIpc) is 2.82. The van der Waals surface area contributed by atoms with Crippen molar-refractivity contribution in [1.29, 1.82) is 5.26 Å². The normalized spacial score (nSPS) is 9.95. The van der Waals surface area contributed by atoms with Crippen molar-refractivity contribution in [2.75, 3.05) is 6.61 Å². The third kappa shape index (κ3) is 2.45. The van der Waals surface area contributed by atoms with Gasteiger partial charge in [0.05, 0.1) is 18.5 Å². The number of rotatable bonds is 3. The molecule has 5 nitrogen and oxygen atoms in total. The lowest BCUT2D eigenvalue weighted by atomic mass is 10.2. The van der Waals surface area contributed by atoms with Gasteiger partial charge in [-0.2, -0.15) is 10.4 Å². The van der Waals surface area contributed by atoms with Gasteiger partial charge in [0, 0.05) is 0 Å². The number of nitrogens with zero attached hydrogens (tertiary/aromatic N) is 3. The van der Waals surface area contributed by atoms with Gasteiger partial charge in [0.2, 0.25) is 0 Å². The van der Waals surface area contributed by atoms with Gasteiger partial charge in [0.25, 0.3) is 0 Å². The summed E-state index contributed by atoms with van der Waals surface area (Å²) in [7, 11) is 0. The third-order valence-electron chi connectivity index (χ3n) is 2.42. The molecule has 0 radical (unpaired) electrons. The van der Waals surface area contributed by atoms with E-state index in [9.17, 15) is 9.18 Å². The van der Waals surface area contributed by atoms with Crippen molar-refractivity contribution in [3.05, 3.63) is 47.5 Å². The molecule has 0 unspecified atom stereocenters. The molecule has 2 rings (SSSR count). The second-order valence-corrected chi connectivity index (χ2v) is 3.63. The van der Waals surface area contributed by atoms with E-state index in [-0.39, 0.29) is 17.9 Å². The minimum absolute atomic E-state index is 0.0176. The molecule has 96 valence electrons. The summed E-state index contributed by atoms with van der Waals surface area (Å²) >= 11 is 0. The van der Waals surface area contributed by atoms with E-state index >= 15 is 0 Å². The van der Waals surface area contributed by atoms with Crippen LogP contribution in [0.5, 0.6) is 0 Å². The number of hydrogen-bond donors (Lipinski definition) is 0. The van der Waals surface area contributed by atoms with E-state index in [0.717, 1.165) is 0 Å². The fourth-order valence-corrected chi connectivity index (χ4v) is 1.62. The van der Waals surface area contributed by atoms with Crippen LogP contribution in [-0.2, 0) is 4.74 Å². The minimum Gasteiger partial charge on any atom is -0.462 e. The lowest BCUT2D eigenvalue weighted by molar-refractivity contribution is 0.0526. The molecule has 1 heterocycles. The van der Waals surface area contributed by atoms with Gasteiger partial charge in [-0.1, -0.05) is 6.07 Å². The van der Waals surface area contributed by atoms with Gasteiger partial charge in [0.1, 0.15) is 17.4 Å². The van der Waals surface area contributed by atoms with Crippen LogP contribution in [0.4, 0.5) is 4.39 Å². The van der Waals surface area contributed by atoms with Crippen molar-refractivity contribution in [2.24, 2.45) is 0 Å². The first-order chi connectivity index (χ1) is 9.17. The van der Waals surface area contributed by atoms with Gasteiger partial charge in [-0.25, -0.2) is 13.9 Å². The van der Waals surface area contributed by atoms with Crippen LogP contribution in [0, 0.1) is 17.1 Å². The molecule has 6 heteroatoms. The summed E-state index contributed by atoms with van der Waals surface area (Å²) in [5.74, 6) is -1.07. The molecule has 2 aromatic rings. The molecule has 1 aromatic carbocycles. The molecule has 0 aliphatic heterocycles. The predicted molar refractivity (Wildman–Crippen MR) is 64.2 cm³/mol. The Kier molecular flexibility index (Phi) is 3.57. The van der Waals surface area contributed by atoms with Crippen LogP contribution < -0.4 is 0 Å². The van der Waals surface area contributed by atoms with Crippen molar-refractivity contribution in [1.82, 2.24) is 9.78 Å². The van der Waals surface area contributed by atoms with Gasteiger partial charge in [-0.05, 0) is 25.1 Å². The lowest BCUT2D eigenvalue weighted by Gasteiger charge is -2.03. The summed E-state index contributed by atoms with van der Waals surface area (Å²) in [6.45, 7) is 1.87. The number of carbonyl (C=O) groups is 1. The summed E-state index contributed by atoms with van der Waals surface area (Å²) in [4.78, 5) is 11.6. The first-order valence-electron chi connectivity index (χ1n) is 5.58. The Hall–Kier alpha value is -2.68. The maximum absolute atomic E-state index is 13.2. The molecule has 0 atom stereocenters. The zero-order valence-corrected chi connectivity index (χ0v) is 10.1. The molecule has 19 heavy (non-hydrogen) atoms. The molecule has 0 saturated heterocycles. The summed E-state index contributed by atoms with van der Waals surface area (Å²) in [5, 5.41) is 13.1. The van der Waals surface area contributed by atoms with Gasteiger partial charge in [-0.3, -0.25) is 0 Å². The van der Waals surface area contributed by atoms with Crippen molar-refractivity contribution in [3.8, 4) is 11.8 Å². The number of aromatic nitrogens is 2. The zero-order valence-electron chi connectivity index (χ0n) is 10.1. The first kappa shape index (κ1) is 12.8. The van der Waals surface area contributed by atoms with Crippen molar-refractivity contribution < 1.29 is 13.9 Å². The Balaban J connectivity index is 2.49. The number of hydrogen-bond acceptors (Lipinski definition) is 4. The minimum atomic E-state index is -0.623. The quantitative estimate of drug-likeness (QED) is 0.791. The molecular formula is C13H10FN3O2. The molecule has 0 spiro atoms. The first-order valence-corrected chi connectivity index (χ1v) is 5.58. The molecular weight excluding hydrogens is 249 g/mol. The van der Waals surface area contributed by atoms with Crippen LogP contribution >= 0.6 is 0 Å². The standard InChI is InChI=1S/C13H10FN3O2/c1-2-19-13(18)11-8-16-17(12(11)7-15)10-5-3-4-9(14)6-10/h3-6,8H,2H2,1H3. The Morgan fingerprint density at radius 2 is 2.37 bits per heavy atom. The SMILES string of the molecule is CCOC(=O)c1cnn(-c2cccc(F)c2)c1C#N. The largest absolute Gasteiger partial charge is 0.462 e. The maximum atomic E-state index is 13.2. The Morgan fingerprint density at radius 3 is 3.00 bits per heavy atom. The Bertz CT molecular complexity index is 658. The molecule has 0 fully saturated rings. The van der Waals surface area contributed by atoms with Crippen LogP contribution in [0.15, 0.2) is 30.5 Å². The number of carbonyl (C=O) groups excluding carboxylic acids is 1. The number of halogens is 1. The molecule has 1 aromatic heterocycles. The van der Waals surface area contributed by atoms with E-state index in [1.54, 1.807) is 13.0 Å². The fraction of sp³-hybridized carbons (Fsp3) is 0.154. The van der Waals surface area contributed by atoms with E-state index in [0.29, 0.717) is 5.69 Å². The zero-order chi connectivity index (χ0) is 13.8. The molecule has 0 amide bonds. The van der Waals surface area contributed by atoms with E-state index < -0.39 is 11.8 Å². The second-order valence-electron chi connectivity index (χ2n) is 3.63. The van der Waals surface area contributed by atoms with Crippen LogP contribution in [0.3, 0.4) is 0 Å². The number of benzene rings is 1. The number of ether oxygens (including phenoxy) is 1. The van der Waals surface area contributed by atoms with Crippen molar-refractivity contribution >= 4 is 5.97 Å². The molecule has 0 bridgehead atoms. The average molecular weight is 259 g/mol. The highest BCUT2D eigenvalue weighted by Gasteiger charge is 2.19. The summed E-state index contributed by atoms with van der Waals surface area (Å²) in [6.07, 6.45) is 1.24. The van der Waals surface area contributed by atoms with Gasteiger partial charge < -0.3 is 4.74 Å². The highest BCUT2D eigenvalue weighted by atomic mass is 19.1. The summed E-state index contributed by atoms with van der Waals surface area (Å²) < 4.78 is 19.2. The van der Waals surface area contributed by atoms with E-state index in [1.807, 2.05) is 6.07 Å². The Morgan fingerprint density at radius 1 is 1.58 bits per heavy atom. The fourth-order valence-electron chi connectivity index (χ4n) is 1.62. The van der Waals surface area contributed by atoms with Crippen molar-refractivity contribution in [3.63, 3.8) is 0 Å².